The van der Waals surface area contributed by atoms with Crippen molar-refractivity contribution in [2.45, 2.75) is 49.6 Å². The second-order valence-electron chi connectivity index (χ2n) is 9.65. The van der Waals surface area contributed by atoms with Crippen LogP contribution in [0.5, 0.6) is 5.75 Å². The van der Waals surface area contributed by atoms with E-state index >= 15 is 0 Å². The number of benzene rings is 3. The predicted molar refractivity (Wildman–Crippen MR) is 158 cm³/mol. The van der Waals surface area contributed by atoms with E-state index in [0.29, 0.717) is 28.6 Å². The maximum Gasteiger partial charge on any atom is 0.503 e. The summed E-state index contributed by atoms with van der Waals surface area (Å²) in [6.07, 6.45) is -1.42. The summed E-state index contributed by atoms with van der Waals surface area (Å²) in [7, 11) is 0. The van der Waals surface area contributed by atoms with E-state index in [9.17, 15) is 20.1 Å². The van der Waals surface area contributed by atoms with E-state index in [1.807, 2.05) is 48.5 Å². The van der Waals surface area contributed by atoms with E-state index in [2.05, 4.69) is 0 Å². The molecular weight excluding hydrogens is 587 g/mol. The quantitative estimate of drug-likeness (QED) is 0.144. The molecule has 0 aliphatic heterocycles. The Morgan fingerprint density at radius 1 is 0.857 bits per heavy atom. The molecule has 0 saturated heterocycles. The highest BCUT2D eigenvalue weighted by molar-refractivity contribution is 6.30. The average molecular weight is 619 g/mol. The molecule has 3 aromatic carbocycles. The number of hydrogen-bond donors (Lipinski definition) is 5. The second kappa shape index (κ2) is 16.1. The Hall–Kier alpha value is -3.60. The molecule has 1 saturated carbocycles. The fourth-order valence-electron chi connectivity index (χ4n) is 4.61. The first-order chi connectivity index (χ1) is 20.0. The lowest BCUT2D eigenvalue weighted by atomic mass is 9.88. The van der Waals surface area contributed by atoms with Crippen LogP contribution in [0.1, 0.15) is 41.9 Å². The number of phenols is 1. The molecule has 0 unspecified atom stereocenters. The topological polar surface area (TPSA) is 154 Å². The van der Waals surface area contributed by atoms with Crippen LogP contribution in [0, 0.1) is 0 Å². The lowest BCUT2D eigenvalue weighted by Crippen LogP contribution is -2.48. The molecule has 5 N–H and O–H groups in total. The number of ether oxygens (including phenoxy) is 2. The molecule has 1 aliphatic rings. The minimum Gasteiger partial charge on any atom is -0.508 e. The molecule has 4 rings (SSSR count). The van der Waals surface area contributed by atoms with Crippen LogP contribution < -0.4 is 0 Å². The van der Waals surface area contributed by atoms with E-state index in [4.69, 9.17) is 47.7 Å². The lowest BCUT2D eigenvalue weighted by molar-refractivity contribution is -0.170. The summed E-state index contributed by atoms with van der Waals surface area (Å²) in [6.45, 7) is 0.394. The summed E-state index contributed by atoms with van der Waals surface area (Å²) < 4.78 is 11.6. The number of aliphatic hydroxyl groups is 2. The van der Waals surface area contributed by atoms with Crippen molar-refractivity contribution in [2.24, 2.45) is 0 Å². The van der Waals surface area contributed by atoms with Gasteiger partial charge in [-0.1, -0.05) is 59.6 Å². The van der Waals surface area contributed by atoms with Gasteiger partial charge in [0.25, 0.3) is 0 Å². The number of rotatable bonds is 9. The molecule has 1 aliphatic carbocycles. The van der Waals surface area contributed by atoms with Crippen LogP contribution in [0.15, 0.2) is 78.9 Å². The summed E-state index contributed by atoms with van der Waals surface area (Å²) in [5, 5.41) is 45.4. The van der Waals surface area contributed by atoms with Crippen LogP contribution in [-0.2, 0) is 14.3 Å². The molecule has 4 atom stereocenters. The Kier molecular flexibility index (Phi) is 12.7. The van der Waals surface area contributed by atoms with Gasteiger partial charge in [0, 0.05) is 41.5 Å². The number of aliphatic hydroxyl groups excluding tert-OH is 2. The minimum absolute atomic E-state index is 0.0438. The van der Waals surface area contributed by atoms with Crippen LogP contribution in [0.2, 0.25) is 10.0 Å². The van der Waals surface area contributed by atoms with Gasteiger partial charge in [-0.3, -0.25) is 0 Å². The summed E-state index contributed by atoms with van der Waals surface area (Å²) in [6, 6.07) is 21.7. The van der Waals surface area contributed by atoms with Crippen molar-refractivity contribution in [2.75, 3.05) is 6.61 Å². The van der Waals surface area contributed by atoms with Crippen LogP contribution in [0.3, 0.4) is 0 Å². The van der Waals surface area contributed by atoms with Crippen LogP contribution in [0.4, 0.5) is 4.79 Å². The normalized spacial score (nSPS) is 20.1. The zero-order valence-electron chi connectivity index (χ0n) is 22.4. The number of carbonyl (C=O) groups is 2. The molecule has 0 amide bonds. The first kappa shape index (κ1) is 32.9. The largest absolute Gasteiger partial charge is 0.508 e. The molecule has 0 radical (unpaired) electrons. The first-order valence-electron chi connectivity index (χ1n) is 13.1. The minimum atomic E-state index is -1.83. The van der Waals surface area contributed by atoms with Crippen LogP contribution >= 0.6 is 23.2 Å². The Bertz CT molecular complexity index is 1260. The van der Waals surface area contributed by atoms with Crippen molar-refractivity contribution < 1.29 is 44.6 Å². The molecule has 9 nitrogen and oxygen atoms in total. The van der Waals surface area contributed by atoms with E-state index in [0.717, 1.165) is 11.1 Å². The monoisotopic (exact) mass is 618 g/mol. The molecule has 224 valence electrons. The Morgan fingerprint density at radius 3 is 1.90 bits per heavy atom. The number of carbonyl (C=O) groups excluding carboxylic acids is 1. The van der Waals surface area contributed by atoms with Crippen molar-refractivity contribution in [1.82, 2.24) is 0 Å². The zero-order chi connectivity index (χ0) is 30.6. The van der Waals surface area contributed by atoms with Crippen molar-refractivity contribution in [3.05, 3.63) is 106 Å². The summed E-state index contributed by atoms with van der Waals surface area (Å²) in [5.41, 5.74) is 2.89. The van der Waals surface area contributed by atoms with Gasteiger partial charge in [-0.2, -0.15) is 0 Å². The van der Waals surface area contributed by atoms with Gasteiger partial charge in [0.2, 0.25) is 0 Å². The van der Waals surface area contributed by atoms with Crippen LogP contribution in [-0.4, -0.2) is 68.7 Å². The first-order valence-corrected chi connectivity index (χ1v) is 13.9. The molecule has 3 aromatic rings. The molecule has 0 heterocycles. The zero-order valence-corrected chi connectivity index (χ0v) is 23.9. The van der Waals surface area contributed by atoms with Crippen molar-refractivity contribution in [3.8, 4) is 5.75 Å². The highest BCUT2D eigenvalue weighted by Gasteiger charge is 2.38. The smallest absolute Gasteiger partial charge is 0.503 e. The number of aromatic hydroxyl groups is 1. The maximum atomic E-state index is 12.4. The van der Waals surface area contributed by atoms with E-state index in [-0.39, 0.29) is 30.6 Å². The number of halogens is 2. The van der Waals surface area contributed by atoms with E-state index in [1.54, 1.807) is 18.2 Å². The van der Waals surface area contributed by atoms with E-state index < -0.39 is 30.4 Å². The van der Waals surface area contributed by atoms with Gasteiger partial charge in [0.05, 0.1) is 12.2 Å². The SMILES string of the molecule is O=C(/C=C/c1ccc(O)cc1)O[C@@H]1C[C@@H](OCCC(c2ccc(Cl)cc2)c2ccc(Cl)cc2)C[C@H](O)[C@H]1O.O=C(O)O. The highest BCUT2D eigenvalue weighted by atomic mass is 35.5. The predicted octanol–water partition coefficient (Wildman–Crippen LogP) is 5.97. The third kappa shape index (κ3) is 10.7. The van der Waals surface area contributed by atoms with Crippen molar-refractivity contribution in [1.29, 1.82) is 0 Å². The molecule has 0 spiro atoms. The van der Waals surface area contributed by atoms with Gasteiger partial charge in [-0.15, -0.1) is 0 Å². The number of hydrogen-bond acceptors (Lipinski definition) is 7. The average Bonchev–Trinajstić information content (AvgIpc) is 2.94. The van der Waals surface area contributed by atoms with Gasteiger partial charge in [-0.05, 0) is 65.6 Å². The molecule has 1 fully saturated rings. The molecule has 11 heteroatoms. The number of carboxylic acid groups (broad SMARTS) is 2. The van der Waals surface area contributed by atoms with Gasteiger partial charge >= 0.3 is 12.1 Å². The van der Waals surface area contributed by atoms with Crippen molar-refractivity contribution >= 4 is 41.4 Å². The fourth-order valence-corrected chi connectivity index (χ4v) is 4.86. The Balaban J connectivity index is 0.00000114. The number of phenolic OH excluding ortho intramolecular Hbond substituents is 1. The van der Waals surface area contributed by atoms with Gasteiger partial charge in [0.15, 0.2) is 0 Å². The summed E-state index contributed by atoms with van der Waals surface area (Å²) in [5.74, 6) is -0.467. The van der Waals surface area contributed by atoms with Gasteiger partial charge < -0.3 is 35.0 Å². The highest BCUT2D eigenvalue weighted by Crippen LogP contribution is 2.31. The summed E-state index contributed by atoms with van der Waals surface area (Å²) in [4.78, 5) is 20.9. The van der Waals surface area contributed by atoms with Crippen molar-refractivity contribution in [3.63, 3.8) is 0 Å². The standard InChI is InChI=1S/C30H30Cl2O6.CH2O3/c31-22-8-4-20(5-9-22)26(21-6-10-23(32)11-7-21)15-16-37-25-17-27(34)30(36)28(18-25)38-29(35)14-3-19-1-12-24(33)13-2-19;2-1(3)4/h1-14,25-28,30,33-34,36H,15-18H2;(H2,2,3,4)/b14-3+;/t25-,27-,28+,30+;/m0./s1. The third-order valence-corrected chi connectivity index (χ3v) is 7.16. The molecule has 42 heavy (non-hydrogen) atoms. The fraction of sp³-hybridized carbons (Fsp3) is 0.290. The third-order valence-electron chi connectivity index (χ3n) is 6.65. The maximum absolute atomic E-state index is 12.4. The van der Waals surface area contributed by atoms with Gasteiger partial charge in [-0.25, -0.2) is 9.59 Å². The van der Waals surface area contributed by atoms with Crippen LogP contribution in [0.25, 0.3) is 6.08 Å². The van der Waals surface area contributed by atoms with E-state index in [1.165, 1.54) is 18.2 Å². The Morgan fingerprint density at radius 2 is 1.38 bits per heavy atom. The second-order valence-corrected chi connectivity index (χ2v) is 10.5. The molecule has 0 bridgehead atoms. The van der Waals surface area contributed by atoms with Gasteiger partial charge in [0.1, 0.15) is 18.0 Å². The lowest BCUT2D eigenvalue weighted by Gasteiger charge is -2.36. The summed E-state index contributed by atoms with van der Waals surface area (Å²) >= 11 is 12.2. The molecular formula is C31H32Cl2O9. The Labute approximate surface area is 253 Å². The number of esters is 1. The molecule has 0 aromatic heterocycles.